The van der Waals surface area contributed by atoms with Gasteiger partial charge < -0.3 is 14.8 Å². The fourth-order valence-corrected chi connectivity index (χ4v) is 5.50. The summed E-state index contributed by atoms with van der Waals surface area (Å²) < 4.78 is 38.6. The summed E-state index contributed by atoms with van der Waals surface area (Å²) in [5.41, 5.74) is 1.92. The molecule has 7 nitrogen and oxygen atoms in total. The second-order valence-corrected chi connectivity index (χ2v) is 10.1. The lowest BCUT2D eigenvalue weighted by molar-refractivity contribution is -0.126. The summed E-state index contributed by atoms with van der Waals surface area (Å²) in [6.07, 6.45) is 1.32. The van der Waals surface area contributed by atoms with E-state index in [4.69, 9.17) is 9.47 Å². The highest BCUT2D eigenvalue weighted by molar-refractivity contribution is 7.89. The molecule has 0 radical (unpaired) electrons. The topological polar surface area (TPSA) is 84.9 Å². The van der Waals surface area contributed by atoms with E-state index in [0.717, 1.165) is 11.1 Å². The SMILES string of the molecule is Cc1ccc(S(=O)(=O)N2CCCC(C(=O)NC(C)c3ccc4c(c3)OCCO4)C2)cc1. The van der Waals surface area contributed by atoms with E-state index in [-0.39, 0.29) is 29.3 Å². The van der Waals surface area contributed by atoms with Gasteiger partial charge in [-0.15, -0.1) is 0 Å². The minimum Gasteiger partial charge on any atom is -0.486 e. The van der Waals surface area contributed by atoms with Crippen molar-refractivity contribution in [3.8, 4) is 11.5 Å². The number of hydrogen-bond acceptors (Lipinski definition) is 5. The zero-order valence-corrected chi connectivity index (χ0v) is 18.7. The highest BCUT2D eigenvalue weighted by Crippen LogP contribution is 2.33. The normalized spacial score (nSPS) is 20.1. The number of aryl methyl sites for hydroxylation is 1. The van der Waals surface area contributed by atoms with Crippen molar-refractivity contribution in [2.45, 2.75) is 37.6 Å². The van der Waals surface area contributed by atoms with Crippen LogP contribution in [0.1, 0.15) is 36.9 Å². The number of amides is 1. The number of nitrogens with one attached hydrogen (secondary N) is 1. The number of piperidine rings is 1. The van der Waals surface area contributed by atoms with Gasteiger partial charge in [-0.3, -0.25) is 4.79 Å². The van der Waals surface area contributed by atoms with Crippen LogP contribution in [0, 0.1) is 12.8 Å². The summed E-state index contributed by atoms with van der Waals surface area (Å²) in [5.74, 6) is 0.871. The summed E-state index contributed by atoms with van der Waals surface area (Å²) in [4.78, 5) is 13.2. The van der Waals surface area contributed by atoms with Crippen LogP contribution < -0.4 is 14.8 Å². The van der Waals surface area contributed by atoms with E-state index < -0.39 is 10.0 Å². The number of carbonyl (C=O) groups excluding carboxylic acids is 1. The zero-order valence-electron chi connectivity index (χ0n) is 17.8. The molecule has 0 saturated carbocycles. The number of hydrogen-bond donors (Lipinski definition) is 1. The lowest BCUT2D eigenvalue weighted by Crippen LogP contribution is -2.45. The Hall–Kier alpha value is -2.58. The molecule has 1 fully saturated rings. The molecule has 0 spiro atoms. The first-order valence-electron chi connectivity index (χ1n) is 10.6. The Morgan fingerprint density at radius 2 is 1.81 bits per heavy atom. The molecule has 0 aliphatic carbocycles. The van der Waals surface area contributed by atoms with Gasteiger partial charge in [0, 0.05) is 13.1 Å². The van der Waals surface area contributed by atoms with Crippen LogP contribution in [0.25, 0.3) is 0 Å². The Balaban J connectivity index is 1.42. The molecule has 31 heavy (non-hydrogen) atoms. The minimum atomic E-state index is -3.61. The van der Waals surface area contributed by atoms with Crippen molar-refractivity contribution < 1.29 is 22.7 Å². The molecule has 2 unspecified atom stereocenters. The molecule has 2 aliphatic heterocycles. The van der Waals surface area contributed by atoms with E-state index in [9.17, 15) is 13.2 Å². The van der Waals surface area contributed by atoms with Crippen LogP contribution in [0.4, 0.5) is 0 Å². The predicted octanol–water partition coefficient (Wildman–Crippen LogP) is 3.04. The van der Waals surface area contributed by atoms with Crippen LogP contribution >= 0.6 is 0 Å². The second kappa shape index (κ2) is 8.88. The summed E-state index contributed by atoms with van der Waals surface area (Å²) >= 11 is 0. The molecule has 2 aromatic rings. The molecule has 4 rings (SSSR count). The third-order valence-corrected chi connectivity index (χ3v) is 7.72. The highest BCUT2D eigenvalue weighted by Gasteiger charge is 2.33. The number of rotatable bonds is 5. The minimum absolute atomic E-state index is 0.133. The number of nitrogens with zero attached hydrogens (tertiary/aromatic N) is 1. The first-order chi connectivity index (χ1) is 14.8. The molecule has 2 aromatic carbocycles. The van der Waals surface area contributed by atoms with Gasteiger partial charge in [0.2, 0.25) is 15.9 Å². The molecule has 166 valence electrons. The Labute approximate surface area is 183 Å². The lowest BCUT2D eigenvalue weighted by Gasteiger charge is -2.32. The number of carbonyl (C=O) groups is 1. The van der Waals surface area contributed by atoms with Crippen molar-refractivity contribution >= 4 is 15.9 Å². The fraction of sp³-hybridized carbons (Fsp3) is 0.435. The van der Waals surface area contributed by atoms with Crippen molar-refractivity contribution in [1.82, 2.24) is 9.62 Å². The van der Waals surface area contributed by atoms with Crippen LogP contribution in [-0.4, -0.2) is 44.9 Å². The van der Waals surface area contributed by atoms with Crippen molar-refractivity contribution in [1.29, 1.82) is 0 Å². The maximum absolute atomic E-state index is 13.0. The van der Waals surface area contributed by atoms with E-state index >= 15 is 0 Å². The van der Waals surface area contributed by atoms with E-state index in [2.05, 4.69) is 5.32 Å². The molecule has 2 atom stereocenters. The molecule has 1 saturated heterocycles. The van der Waals surface area contributed by atoms with E-state index in [1.54, 1.807) is 24.3 Å². The molecule has 8 heteroatoms. The van der Waals surface area contributed by atoms with Gasteiger partial charge >= 0.3 is 0 Å². The standard InChI is InChI=1S/C23H28N2O5S/c1-16-5-8-20(9-6-16)31(27,28)25-11-3-4-19(15-25)23(26)24-17(2)18-7-10-21-22(14-18)30-13-12-29-21/h5-10,14,17,19H,3-4,11-13,15H2,1-2H3,(H,24,26). The van der Waals surface area contributed by atoms with Gasteiger partial charge in [0.15, 0.2) is 11.5 Å². The van der Waals surface area contributed by atoms with Crippen molar-refractivity contribution in [2.24, 2.45) is 5.92 Å². The van der Waals surface area contributed by atoms with E-state index in [1.807, 2.05) is 32.0 Å². The van der Waals surface area contributed by atoms with Crippen LogP contribution in [0.5, 0.6) is 11.5 Å². The molecule has 0 aromatic heterocycles. The summed E-state index contributed by atoms with van der Waals surface area (Å²) in [5, 5.41) is 3.04. The van der Waals surface area contributed by atoms with E-state index in [1.165, 1.54) is 4.31 Å². The van der Waals surface area contributed by atoms with Crippen LogP contribution in [-0.2, 0) is 14.8 Å². The number of fused-ring (bicyclic) bond motifs is 1. The van der Waals surface area contributed by atoms with Gasteiger partial charge in [-0.2, -0.15) is 4.31 Å². The monoisotopic (exact) mass is 444 g/mol. The summed E-state index contributed by atoms with van der Waals surface area (Å²) in [6.45, 7) is 5.48. The smallest absolute Gasteiger partial charge is 0.243 e. The second-order valence-electron chi connectivity index (χ2n) is 8.15. The molecule has 2 heterocycles. The predicted molar refractivity (Wildman–Crippen MR) is 117 cm³/mol. The van der Waals surface area contributed by atoms with Crippen LogP contribution in [0.3, 0.4) is 0 Å². The Bertz CT molecular complexity index is 1050. The number of benzene rings is 2. The lowest BCUT2D eigenvalue weighted by atomic mass is 9.97. The molecule has 0 bridgehead atoms. The summed E-state index contributed by atoms with van der Waals surface area (Å²) in [7, 11) is -3.61. The van der Waals surface area contributed by atoms with Crippen molar-refractivity contribution in [3.05, 3.63) is 53.6 Å². The first-order valence-corrected chi connectivity index (χ1v) is 12.1. The third kappa shape index (κ3) is 4.70. The quantitative estimate of drug-likeness (QED) is 0.766. The molecular formula is C23H28N2O5S. The van der Waals surface area contributed by atoms with Gasteiger partial charge in [-0.1, -0.05) is 23.8 Å². The zero-order chi connectivity index (χ0) is 22.0. The molecule has 1 N–H and O–H groups in total. The summed E-state index contributed by atoms with van der Waals surface area (Å²) in [6, 6.07) is 12.2. The van der Waals surface area contributed by atoms with Crippen molar-refractivity contribution in [3.63, 3.8) is 0 Å². The molecule has 1 amide bonds. The third-order valence-electron chi connectivity index (χ3n) is 5.84. The molecular weight excluding hydrogens is 416 g/mol. The number of sulfonamides is 1. The molecule has 2 aliphatic rings. The Morgan fingerprint density at radius 1 is 1.10 bits per heavy atom. The van der Waals surface area contributed by atoms with Gasteiger partial charge in [0.25, 0.3) is 0 Å². The van der Waals surface area contributed by atoms with Crippen LogP contribution in [0.2, 0.25) is 0 Å². The largest absolute Gasteiger partial charge is 0.486 e. The Kier molecular flexibility index (Phi) is 6.20. The van der Waals surface area contributed by atoms with E-state index in [0.29, 0.717) is 44.1 Å². The van der Waals surface area contributed by atoms with Gasteiger partial charge in [0.05, 0.1) is 16.9 Å². The van der Waals surface area contributed by atoms with Gasteiger partial charge in [-0.05, 0) is 56.5 Å². The average molecular weight is 445 g/mol. The van der Waals surface area contributed by atoms with Crippen LogP contribution in [0.15, 0.2) is 47.4 Å². The van der Waals surface area contributed by atoms with Crippen molar-refractivity contribution in [2.75, 3.05) is 26.3 Å². The average Bonchev–Trinajstić information content (AvgIpc) is 2.79. The van der Waals surface area contributed by atoms with Gasteiger partial charge in [-0.25, -0.2) is 8.42 Å². The number of ether oxygens (including phenoxy) is 2. The Morgan fingerprint density at radius 3 is 2.55 bits per heavy atom. The fourth-order valence-electron chi connectivity index (χ4n) is 3.98. The van der Waals surface area contributed by atoms with Gasteiger partial charge in [0.1, 0.15) is 13.2 Å². The maximum atomic E-state index is 13.0. The first kappa shape index (κ1) is 21.6. The maximum Gasteiger partial charge on any atom is 0.243 e. The highest BCUT2D eigenvalue weighted by atomic mass is 32.2.